The van der Waals surface area contributed by atoms with E-state index in [0.29, 0.717) is 47.6 Å². The number of phenolic OH excluding ortho intramolecular Hbond substituents is 1. The van der Waals surface area contributed by atoms with E-state index < -0.39 is 23.6 Å². The van der Waals surface area contributed by atoms with Crippen LogP contribution in [0.3, 0.4) is 0 Å². The molecule has 3 aromatic rings. The molecule has 8 rings (SSSR count). The van der Waals surface area contributed by atoms with E-state index in [-0.39, 0.29) is 59.9 Å². The van der Waals surface area contributed by atoms with Crippen molar-refractivity contribution in [1.82, 2.24) is 19.9 Å². The van der Waals surface area contributed by atoms with E-state index in [1.165, 1.54) is 12.1 Å². The fourth-order valence-electron chi connectivity index (χ4n) is 8.01. The third-order valence-corrected chi connectivity index (χ3v) is 10.5. The second kappa shape index (κ2) is 10.0. The van der Waals surface area contributed by atoms with E-state index in [1.807, 2.05) is 11.9 Å². The van der Waals surface area contributed by atoms with Crippen molar-refractivity contribution >= 4 is 28.3 Å². The molecule has 5 atom stereocenters. The number of hydrogen-bond donors (Lipinski definition) is 2. The van der Waals surface area contributed by atoms with Gasteiger partial charge in [-0.3, -0.25) is 4.90 Å². The lowest BCUT2D eigenvalue weighted by atomic mass is 9.95. The Kier molecular flexibility index (Phi) is 6.40. The molecule has 43 heavy (non-hydrogen) atoms. The summed E-state index contributed by atoms with van der Waals surface area (Å²) in [7, 11) is 1.88. The summed E-state index contributed by atoms with van der Waals surface area (Å²) in [5, 5.41) is 21.7. The minimum Gasteiger partial charge on any atom is -0.508 e. The Labute approximate surface area is 252 Å². The molecule has 0 radical (unpaired) electrons. The summed E-state index contributed by atoms with van der Waals surface area (Å²) in [4.78, 5) is 18.1. The molecule has 9 nitrogen and oxygen atoms in total. The predicted octanol–water partition coefficient (Wildman–Crippen LogP) is 4.99. The quantitative estimate of drug-likeness (QED) is 0.412. The van der Waals surface area contributed by atoms with Crippen LogP contribution in [0.2, 0.25) is 5.02 Å². The average Bonchev–Trinajstić information content (AvgIpc) is 3.51. The lowest BCUT2D eigenvalue weighted by molar-refractivity contribution is 0.107. The number of aromatic nitrogens is 3. The van der Waals surface area contributed by atoms with Gasteiger partial charge in [0.15, 0.2) is 5.82 Å². The lowest BCUT2D eigenvalue weighted by Crippen LogP contribution is -2.43. The first kappa shape index (κ1) is 27.5. The molecule has 2 saturated heterocycles. The number of benzene rings is 1. The predicted molar refractivity (Wildman–Crippen MR) is 156 cm³/mol. The zero-order chi connectivity index (χ0) is 29.6. The number of anilines is 1. The van der Waals surface area contributed by atoms with E-state index in [1.54, 1.807) is 0 Å². The molecule has 12 heteroatoms. The maximum atomic E-state index is 16.8. The Hall–Kier alpha value is -3.02. The molecule has 0 spiro atoms. The van der Waals surface area contributed by atoms with Crippen LogP contribution < -0.4 is 14.4 Å². The van der Waals surface area contributed by atoms with Crippen LogP contribution in [0.1, 0.15) is 56.4 Å². The standard InChI is InChI=1S/C31H34ClF2N5O4/c1-38-22-10-18(40)7-16(22)13-42-29-24-27(25(34)26(35-29)20-8-19(41)9-21(32)23(20)15-3-4-15)36-30(37-28(24)38)43-14-31-5-2-6-39(31)12-17(33)11-31/h8-9,15-18,22,40-41H,2-7,10-14H2,1H3/t16?,17-,18?,22?,31+/m1/s1. The normalized spacial score (nSPS) is 30.2. The summed E-state index contributed by atoms with van der Waals surface area (Å²) in [6.07, 6.45) is 3.68. The number of fused-ring (bicyclic) bond motifs is 2. The van der Waals surface area contributed by atoms with Crippen molar-refractivity contribution in [1.29, 1.82) is 0 Å². The van der Waals surface area contributed by atoms with Crippen LogP contribution in [0.15, 0.2) is 12.1 Å². The molecule has 2 aliphatic carbocycles. The van der Waals surface area contributed by atoms with Crippen molar-refractivity contribution < 1.29 is 28.5 Å². The first-order chi connectivity index (χ1) is 20.7. The highest BCUT2D eigenvalue weighted by Crippen LogP contribution is 2.50. The Balaban J connectivity index is 1.29. The minimum atomic E-state index is -0.910. The first-order valence-corrected chi connectivity index (χ1v) is 15.6. The summed E-state index contributed by atoms with van der Waals surface area (Å²) >= 11 is 6.58. The second-order valence-corrected chi connectivity index (χ2v) is 13.4. The van der Waals surface area contributed by atoms with Crippen molar-refractivity contribution in [3.63, 3.8) is 0 Å². The third kappa shape index (κ3) is 4.49. The number of alkyl halides is 1. The molecule has 2 aromatic heterocycles. The highest BCUT2D eigenvalue weighted by Gasteiger charge is 2.49. The van der Waals surface area contributed by atoms with Crippen molar-refractivity contribution in [2.45, 2.75) is 74.7 Å². The number of aromatic hydroxyl groups is 1. The smallest absolute Gasteiger partial charge is 0.319 e. The van der Waals surface area contributed by atoms with E-state index in [4.69, 9.17) is 26.1 Å². The minimum absolute atomic E-state index is 0.000915. The van der Waals surface area contributed by atoms with Gasteiger partial charge in [-0.25, -0.2) is 13.8 Å². The van der Waals surface area contributed by atoms with Gasteiger partial charge in [0.2, 0.25) is 5.88 Å². The average molecular weight is 614 g/mol. The molecule has 2 N–H and O–H groups in total. The Morgan fingerprint density at radius 2 is 2.05 bits per heavy atom. The molecule has 0 bridgehead atoms. The van der Waals surface area contributed by atoms with Gasteiger partial charge < -0.3 is 24.6 Å². The van der Waals surface area contributed by atoms with Crippen LogP contribution in [0.4, 0.5) is 14.6 Å². The van der Waals surface area contributed by atoms with Crippen molar-refractivity contribution in [2.75, 3.05) is 38.3 Å². The number of pyridine rings is 1. The molecular formula is C31H34ClF2N5O4. The van der Waals surface area contributed by atoms with Crippen molar-refractivity contribution in [3.8, 4) is 28.9 Å². The summed E-state index contributed by atoms with van der Waals surface area (Å²) in [5.41, 5.74) is 0.692. The number of rotatable bonds is 5. The zero-order valence-electron chi connectivity index (χ0n) is 23.9. The second-order valence-electron chi connectivity index (χ2n) is 13.0. The summed E-state index contributed by atoms with van der Waals surface area (Å²) < 4.78 is 43.7. The molecule has 2 saturated carbocycles. The Morgan fingerprint density at radius 1 is 1.21 bits per heavy atom. The maximum Gasteiger partial charge on any atom is 0.319 e. The fraction of sp³-hybridized carbons (Fsp3) is 0.581. The number of nitrogens with zero attached hydrogens (tertiary/aromatic N) is 5. The number of aliphatic hydroxyl groups excluding tert-OH is 1. The van der Waals surface area contributed by atoms with Crippen LogP contribution in [-0.2, 0) is 0 Å². The van der Waals surface area contributed by atoms with E-state index in [9.17, 15) is 14.6 Å². The molecule has 4 fully saturated rings. The van der Waals surface area contributed by atoms with Crippen LogP contribution in [0, 0.1) is 11.7 Å². The van der Waals surface area contributed by atoms with Gasteiger partial charge in [0.05, 0.1) is 18.2 Å². The van der Waals surface area contributed by atoms with E-state index in [0.717, 1.165) is 37.8 Å². The van der Waals surface area contributed by atoms with Gasteiger partial charge >= 0.3 is 6.01 Å². The zero-order valence-corrected chi connectivity index (χ0v) is 24.7. The number of aliphatic hydroxyl groups is 1. The van der Waals surface area contributed by atoms with E-state index >= 15 is 4.39 Å². The Bertz CT molecular complexity index is 1630. The molecule has 3 aliphatic heterocycles. The van der Waals surface area contributed by atoms with Crippen LogP contribution >= 0.6 is 11.6 Å². The van der Waals surface area contributed by atoms with Gasteiger partial charge in [-0.2, -0.15) is 9.97 Å². The SMILES string of the molecule is CN1c2nc(OC[C@@]34CCCN3C[C@H](F)C4)nc3c(F)c(-c4cc(O)cc(Cl)c4C4CC4)nc(c23)OCC2CC(O)CC21. The van der Waals surface area contributed by atoms with Gasteiger partial charge in [-0.05, 0) is 68.7 Å². The summed E-state index contributed by atoms with van der Waals surface area (Å²) in [5.74, 6) is -0.0504. The number of phenols is 1. The van der Waals surface area contributed by atoms with Gasteiger partial charge in [0.1, 0.15) is 40.9 Å². The van der Waals surface area contributed by atoms with Gasteiger partial charge in [0, 0.05) is 42.6 Å². The lowest BCUT2D eigenvalue weighted by Gasteiger charge is -2.34. The van der Waals surface area contributed by atoms with Crippen LogP contribution in [-0.4, -0.2) is 87.3 Å². The van der Waals surface area contributed by atoms with Crippen molar-refractivity contribution in [2.24, 2.45) is 5.92 Å². The molecular weight excluding hydrogens is 580 g/mol. The molecule has 5 heterocycles. The van der Waals surface area contributed by atoms with Gasteiger partial charge in [-0.15, -0.1) is 0 Å². The molecule has 5 aliphatic rings. The topological polar surface area (TPSA) is 104 Å². The largest absolute Gasteiger partial charge is 0.508 e. The van der Waals surface area contributed by atoms with Crippen molar-refractivity contribution in [3.05, 3.63) is 28.5 Å². The van der Waals surface area contributed by atoms with Crippen LogP contribution in [0.5, 0.6) is 17.6 Å². The molecule has 228 valence electrons. The number of halogens is 3. The summed E-state index contributed by atoms with van der Waals surface area (Å²) in [6, 6.07) is 2.86. The van der Waals surface area contributed by atoms with Crippen LogP contribution in [0.25, 0.3) is 22.2 Å². The summed E-state index contributed by atoms with van der Waals surface area (Å²) in [6.45, 7) is 1.70. The highest BCUT2D eigenvalue weighted by atomic mass is 35.5. The van der Waals surface area contributed by atoms with Gasteiger partial charge in [0.25, 0.3) is 0 Å². The van der Waals surface area contributed by atoms with E-state index in [2.05, 4.69) is 14.9 Å². The Morgan fingerprint density at radius 3 is 2.86 bits per heavy atom. The molecule has 0 amide bonds. The first-order valence-electron chi connectivity index (χ1n) is 15.2. The molecule has 1 aromatic carbocycles. The highest BCUT2D eigenvalue weighted by molar-refractivity contribution is 6.32. The maximum absolute atomic E-state index is 16.8. The number of hydrogen-bond acceptors (Lipinski definition) is 9. The van der Waals surface area contributed by atoms with Gasteiger partial charge in [-0.1, -0.05) is 11.6 Å². The number of ether oxygens (including phenoxy) is 2. The fourth-order valence-corrected chi connectivity index (χ4v) is 8.38. The monoisotopic (exact) mass is 613 g/mol. The third-order valence-electron chi connectivity index (χ3n) is 10.2. The molecule has 3 unspecified atom stereocenters.